The van der Waals surface area contributed by atoms with Crippen LogP contribution in [0.3, 0.4) is 0 Å². The van der Waals surface area contributed by atoms with Gasteiger partial charge in [0.05, 0.1) is 6.54 Å². The molecule has 2 aromatic carbocycles. The predicted molar refractivity (Wildman–Crippen MR) is 139 cm³/mol. The third-order valence-electron chi connectivity index (χ3n) is 7.33. The van der Waals surface area contributed by atoms with Crippen LogP contribution in [0.25, 0.3) is 21.8 Å². The average molecular weight is 565 g/mol. The summed E-state index contributed by atoms with van der Waals surface area (Å²) in [4.78, 5) is 4.94. The van der Waals surface area contributed by atoms with E-state index in [1.807, 2.05) is 12.1 Å². The number of hydrogen-bond acceptors (Lipinski definition) is 2. The maximum atomic E-state index is 15.3. The van der Waals surface area contributed by atoms with Gasteiger partial charge in [-0.2, -0.15) is 0 Å². The molecule has 0 radical (unpaired) electrons. The third kappa shape index (κ3) is 5.08. The highest BCUT2D eigenvalue weighted by molar-refractivity contribution is 9.10. The fourth-order valence-corrected chi connectivity index (χ4v) is 6.39. The van der Waals surface area contributed by atoms with Crippen molar-refractivity contribution in [2.45, 2.75) is 44.8 Å². The molecule has 1 unspecified atom stereocenters. The lowest BCUT2D eigenvalue weighted by Gasteiger charge is -2.37. The molecule has 1 aliphatic carbocycles. The van der Waals surface area contributed by atoms with Crippen LogP contribution >= 0.6 is 31.9 Å². The summed E-state index contributed by atoms with van der Waals surface area (Å²) in [6, 6.07) is 12.6. The maximum Gasteiger partial charge on any atom is 0.131 e. The van der Waals surface area contributed by atoms with Gasteiger partial charge in [-0.3, -0.25) is 4.90 Å². The molecule has 1 saturated carbocycles. The van der Waals surface area contributed by atoms with E-state index in [9.17, 15) is 0 Å². The van der Waals surface area contributed by atoms with E-state index in [1.165, 1.54) is 49.4 Å². The van der Waals surface area contributed by atoms with Crippen LogP contribution in [-0.2, 0) is 6.54 Å². The summed E-state index contributed by atoms with van der Waals surface area (Å²) in [6.45, 7) is 6.30. The van der Waals surface area contributed by atoms with Crippen molar-refractivity contribution in [3.8, 4) is 0 Å². The summed E-state index contributed by atoms with van der Waals surface area (Å²) < 4.78 is 19.6. The number of halogens is 3. The molecular formula is C26H32Br2FN3. The van der Waals surface area contributed by atoms with E-state index < -0.39 is 6.17 Å². The standard InChI is InChI=1S/C26H32Br2FN3/c27-20-6-8-25-23(14-20)24-15-21(28)7-9-26(24)32(25)18-22(29)17-31-12-10-30(11-13-31)16-19-4-2-1-3-5-19/h6-9,14-15,19,22H,1-5,10-13,16-18H2. The zero-order valence-electron chi connectivity index (χ0n) is 18.6. The molecule has 0 amide bonds. The molecule has 0 N–H and O–H groups in total. The van der Waals surface area contributed by atoms with Crippen LogP contribution in [0.4, 0.5) is 4.39 Å². The summed E-state index contributed by atoms with van der Waals surface area (Å²) in [5.41, 5.74) is 2.20. The molecule has 2 fully saturated rings. The van der Waals surface area contributed by atoms with Crippen LogP contribution in [-0.4, -0.2) is 59.8 Å². The van der Waals surface area contributed by atoms with Crippen molar-refractivity contribution in [2.75, 3.05) is 39.3 Å². The third-order valence-corrected chi connectivity index (χ3v) is 8.32. The SMILES string of the molecule is FC(CN1CCN(CC2CCCCC2)CC1)Cn1c2ccc(Br)cc2c2cc(Br)ccc21. The number of alkyl halides is 1. The van der Waals surface area contributed by atoms with E-state index in [4.69, 9.17) is 0 Å². The maximum absolute atomic E-state index is 15.3. The first-order valence-corrected chi connectivity index (χ1v) is 13.6. The van der Waals surface area contributed by atoms with E-state index >= 15 is 4.39 Å². The van der Waals surface area contributed by atoms with Gasteiger partial charge in [-0.05, 0) is 55.2 Å². The van der Waals surface area contributed by atoms with Gasteiger partial charge in [0.25, 0.3) is 0 Å². The van der Waals surface area contributed by atoms with Crippen LogP contribution in [0, 0.1) is 5.92 Å². The Hall–Kier alpha value is -0.950. The number of piperazine rings is 1. The Bertz CT molecular complexity index is 1010. The van der Waals surface area contributed by atoms with E-state index in [1.54, 1.807) is 0 Å². The minimum absolute atomic E-state index is 0.394. The fourth-order valence-electron chi connectivity index (χ4n) is 5.67. The summed E-state index contributed by atoms with van der Waals surface area (Å²) in [5.74, 6) is 0.889. The lowest BCUT2D eigenvalue weighted by molar-refractivity contribution is 0.0879. The molecule has 1 saturated heterocycles. The first-order chi connectivity index (χ1) is 15.6. The van der Waals surface area contributed by atoms with Gasteiger partial charge in [-0.25, -0.2) is 4.39 Å². The molecule has 6 heteroatoms. The van der Waals surface area contributed by atoms with Crippen LogP contribution in [0.2, 0.25) is 0 Å². The summed E-state index contributed by atoms with van der Waals surface area (Å²) in [6.07, 6.45) is 6.15. The van der Waals surface area contributed by atoms with Crippen molar-refractivity contribution < 1.29 is 4.39 Å². The largest absolute Gasteiger partial charge is 0.337 e. The summed E-state index contributed by atoms with van der Waals surface area (Å²) in [7, 11) is 0. The molecule has 2 aliphatic rings. The second-order valence-electron chi connectivity index (χ2n) is 9.64. The number of fused-ring (bicyclic) bond motifs is 3. The molecule has 3 nitrogen and oxygen atoms in total. The number of aromatic nitrogens is 1. The number of nitrogens with zero attached hydrogens (tertiary/aromatic N) is 3. The molecule has 1 atom stereocenters. The zero-order valence-corrected chi connectivity index (χ0v) is 21.8. The summed E-state index contributed by atoms with van der Waals surface area (Å²) >= 11 is 7.19. The number of hydrogen-bond donors (Lipinski definition) is 0. The Morgan fingerprint density at radius 1 is 0.781 bits per heavy atom. The lowest BCUT2D eigenvalue weighted by Crippen LogP contribution is -2.49. The molecule has 0 bridgehead atoms. The van der Waals surface area contributed by atoms with Crippen molar-refractivity contribution in [3.63, 3.8) is 0 Å². The first-order valence-electron chi connectivity index (χ1n) is 12.0. The molecule has 0 spiro atoms. The van der Waals surface area contributed by atoms with Gasteiger partial charge in [0.1, 0.15) is 6.17 Å². The Morgan fingerprint density at radius 2 is 1.34 bits per heavy atom. The van der Waals surface area contributed by atoms with Crippen LogP contribution in [0.5, 0.6) is 0 Å². The quantitative estimate of drug-likeness (QED) is 0.324. The molecule has 32 heavy (non-hydrogen) atoms. The monoisotopic (exact) mass is 563 g/mol. The fraction of sp³-hybridized carbons (Fsp3) is 0.538. The number of rotatable bonds is 6. The van der Waals surface area contributed by atoms with Crippen LogP contribution < -0.4 is 0 Å². The second-order valence-corrected chi connectivity index (χ2v) is 11.5. The van der Waals surface area contributed by atoms with Gasteiger partial charge in [0.15, 0.2) is 0 Å². The van der Waals surface area contributed by atoms with Gasteiger partial charge in [-0.15, -0.1) is 0 Å². The highest BCUT2D eigenvalue weighted by atomic mass is 79.9. The Morgan fingerprint density at radius 3 is 1.94 bits per heavy atom. The smallest absolute Gasteiger partial charge is 0.131 e. The molecule has 5 rings (SSSR count). The van der Waals surface area contributed by atoms with E-state index in [0.717, 1.165) is 52.1 Å². The van der Waals surface area contributed by atoms with Gasteiger partial charge < -0.3 is 9.47 Å². The number of benzene rings is 2. The highest BCUT2D eigenvalue weighted by Crippen LogP contribution is 2.33. The molecular weight excluding hydrogens is 533 g/mol. The minimum Gasteiger partial charge on any atom is -0.337 e. The van der Waals surface area contributed by atoms with Crippen molar-refractivity contribution in [1.29, 1.82) is 0 Å². The van der Waals surface area contributed by atoms with Crippen molar-refractivity contribution in [1.82, 2.24) is 14.4 Å². The van der Waals surface area contributed by atoms with Crippen LogP contribution in [0.1, 0.15) is 32.1 Å². The van der Waals surface area contributed by atoms with Gasteiger partial charge >= 0.3 is 0 Å². The topological polar surface area (TPSA) is 11.4 Å². The average Bonchev–Trinajstić information content (AvgIpc) is 3.08. The molecule has 1 aromatic heterocycles. The summed E-state index contributed by atoms with van der Waals surface area (Å²) in [5, 5.41) is 2.33. The molecule has 172 valence electrons. The minimum atomic E-state index is -0.883. The van der Waals surface area contributed by atoms with Gasteiger partial charge in [-0.1, -0.05) is 51.1 Å². The lowest BCUT2D eigenvalue weighted by atomic mass is 9.89. The first kappa shape index (κ1) is 22.8. The highest BCUT2D eigenvalue weighted by Gasteiger charge is 2.24. The van der Waals surface area contributed by atoms with Gasteiger partial charge in [0, 0.05) is 70.0 Å². The zero-order chi connectivity index (χ0) is 22.1. The van der Waals surface area contributed by atoms with Crippen molar-refractivity contribution in [2.24, 2.45) is 5.92 Å². The molecule has 1 aliphatic heterocycles. The van der Waals surface area contributed by atoms with Gasteiger partial charge in [0.2, 0.25) is 0 Å². The Labute approximate surface area is 207 Å². The molecule has 2 heterocycles. The van der Waals surface area contributed by atoms with E-state index in [0.29, 0.717) is 13.1 Å². The normalized spacial score (nSPS) is 20.3. The second kappa shape index (κ2) is 10.1. The van der Waals surface area contributed by atoms with E-state index in [-0.39, 0.29) is 0 Å². The van der Waals surface area contributed by atoms with Crippen LogP contribution in [0.15, 0.2) is 45.3 Å². The Kier molecular flexibility index (Phi) is 7.22. The van der Waals surface area contributed by atoms with Crippen molar-refractivity contribution >= 4 is 53.7 Å². The van der Waals surface area contributed by atoms with E-state index in [2.05, 4.69) is 70.5 Å². The van der Waals surface area contributed by atoms with Crippen molar-refractivity contribution in [3.05, 3.63) is 45.3 Å². The predicted octanol–water partition coefficient (Wildman–Crippen LogP) is 6.86. The molecule has 3 aromatic rings. The Balaban J connectivity index is 1.23.